The lowest BCUT2D eigenvalue weighted by molar-refractivity contribution is -0.128. The van der Waals surface area contributed by atoms with Gasteiger partial charge in [-0.25, -0.2) is 0 Å². The molecule has 6 nitrogen and oxygen atoms in total. The first-order valence-electron chi connectivity index (χ1n) is 6.31. The largest absolute Gasteiger partial charge is 0.383 e. The van der Waals surface area contributed by atoms with E-state index in [1.165, 1.54) is 0 Å². The van der Waals surface area contributed by atoms with Crippen LogP contribution in [0.2, 0.25) is 0 Å². The third kappa shape index (κ3) is 6.86. The minimum Gasteiger partial charge on any atom is -0.383 e. The highest BCUT2D eigenvalue weighted by Crippen LogP contribution is 2.08. The van der Waals surface area contributed by atoms with Crippen molar-refractivity contribution in [3.8, 4) is 0 Å². The fraction of sp³-hybridized carbons (Fsp3) is 0.429. The molecule has 0 fully saturated rings. The van der Waals surface area contributed by atoms with Crippen LogP contribution in [-0.2, 0) is 19.1 Å². The molecular formula is C14H20N2O4. The standard InChI is InChI=1S/C14H20N2O4/c1-11-3-5-12(6-4-11)16-14(18)10-20-9-13(17)15-7-8-19-2/h3-6H,7-10H2,1-2H3,(H,15,17)(H,16,18). The molecule has 0 aliphatic rings. The lowest BCUT2D eigenvalue weighted by Gasteiger charge is -2.07. The van der Waals surface area contributed by atoms with Gasteiger partial charge in [-0.2, -0.15) is 0 Å². The average Bonchev–Trinajstić information content (AvgIpc) is 2.42. The van der Waals surface area contributed by atoms with Crippen LogP contribution in [-0.4, -0.2) is 45.3 Å². The highest BCUT2D eigenvalue weighted by atomic mass is 16.5. The van der Waals surface area contributed by atoms with Gasteiger partial charge in [-0.15, -0.1) is 0 Å². The number of hydrogen-bond donors (Lipinski definition) is 2. The highest BCUT2D eigenvalue weighted by Gasteiger charge is 2.05. The Morgan fingerprint density at radius 2 is 1.75 bits per heavy atom. The number of benzene rings is 1. The number of hydrogen-bond acceptors (Lipinski definition) is 4. The van der Waals surface area contributed by atoms with E-state index in [1.807, 2.05) is 31.2 Å². The Bertz CT molecular complexity index is 431. The second-order valence-electron chi connectivity index (χ2n) is 4.25. The zero-order chi connectivity index (χ0) is 14.8. The van der Waals surface area contributed by atoms with E-state index in [0.29, 0.717) is 18.8 Å². The topological polar surface area (TPSA) is 76.7 Å². The average molecular weight is 280 g/mol. The van der Waals surface area contributed by atoms with E-state index in [1.54, 1.807) is 7.11 Å². The zero-order valence-corrected chi connectivity index (χ0v) is 11.8. The predicted molar refractivity (Wildman–Crippen MR) is 75.5 cm³/mol. The third-order valence-electron chi connectivity index (χ3n) is 2.43. The van der Waals surface area contributed by atoms with E-state index in [0.717, 1.165) is 5.56 Å². The van der Waals surface area contributed by atoms with Crippen molar-refractivity contribution in [2.45, 2.75) is 6.92 Å². The molecule has 1 aromatic rings. The molecule has 0 radical (unpaired) electrons. The summed E-state index contributed by atoms with van der Waals surface area (Å²) in [4.78, 5) is 22.8. The van der Waals surface area contributed by atoms with E-state index in [9.17, 15) is 9.59 Å². The van der Waals surface area contributed by atoms with Crippen molar-refractivity contribution in [3.05, 3.63) is 29.8 Å². The SMILES string of the molecule is COCCNC(=O)COCC(=O)Nc1ccc(C)cc1. The zero-order valence-electron chi connectivity index (χ0n) is 11.8. The van der Waals surface area contributed by atoms with Crippen molar-refractivity contribution in [3.63, 3.8) is 0 Å². The Hall–Kier alpha value is -1.92. The van der Waals surface area contributed by atoms with Gasteiger partial charge in [0.05, 0.1) is 6.61 Å². The van der Waals surface area contributed by atoms with Crippen LogP contribution in [0.25, 0.3) is 0 Å². The van der Waals surface area contributed by atoms with E-state index in [4.69, 9.17) is 9.47 Å². The number of anilines is 1. The number of aryl methyl sites for hydroxylation is 1. The number of carbonyl (C=O) groups is 2. The lowest BCUT2D eigenvalue weighted by atomic mass is 10.2. The molecule has 0 unspecified atom stereocenters. The molecule has 0 bridgehead atoms. The summed E-state index contributed by atoms with van der Waals surface area (Å²) >= 11 is 0. The molecule has 0 saturated heterocycles. The van der Waals surface area contributed by atoms with Crippen LogP contribution in [0, 0.1) is 6.92 Å². The Kier molecular flexibility index (Phi) is 7.31. The van der Waals surface area contributed by atoms with Gasteiger partial charge in [0.1, 0.15) is 13.2 Å². The molecule has 0 atom stereocenters. The van der Waals surface area contributed by atoms with Crippen LogP contribution in [0.15, 0.2) is 24.3 Å². The first-order chi connectivity index (χ1) is 9.61. The van der Waals surface area contributed by atoms with E-state index in [2.05, 4.69) is 10.6 Å². The van der Waals surface area contributed by atoms with Gasteiger partial charge in [-0.1, -0.05) is 17.7 Å². The molecule has 0 heterocycles. The quantitative estimate of drug-likeness (QED) is 0.688. The number of ether oxygens (including phenoxy) is 2. The summed E-state index contributed by atoms with van der Waals surface area (Å²) in [5.74, 6) is -0.566. The summed E-state index contributed by atoms with van der Waals surface area (Å²) in [6.45, 7) is 2.53. The summed E-state index contributed by atoms with van der Waals surface area (Å²) in [7, 11) is 1.55. The summed E-state index contributed by atoms with van der Waals surface area (Å²) in [6.07, 6.45) is 0. The fourth-order valence-corrected chi connectivity index (χ4v) is 1.41. The van der Waals surface area contributed by atoms with Crippen LogP contribution in [0.1, 0.15) is 5.56 Å². The second kappa shape index (κ2) is 9.06. The number of carbonyl (C=O) groups excluding carboxylic acids is 2. The monoisotopic (exact) mass is 280 g/mol. The van der Waals surface area contributed by atoms with Crippen LogP contribution in [0.4, 0.5) is 5.69 Å². The summed E-state index contributed by atoms with van der Waals surface area (Å²) in [5, 5.41) is 5.27. The molecular weight excluding hydrogens is 260 g/mol. The Labute approximate surface area is 118 Å². The Morgan fingerprint density at radius 3 is 2.40 bits per heavy atom. The molecule has 0 aromatic heterocycles. The van der Waals surface area contributed by atoms with Crippen LogP contribution < -0.4 is 10.6 Å². The molecule has 0 aliphatic carbocycles. The van der Waals surface area contributed by atoms with Gasteiger partial charge in [-0.05, 0) is 19.1 Å². The maximum Gasteiger partial charge on any atom is 0.250 e. The second-order valence-corrected chi connectivity index (χ2v) is 4.25. The predicted octanol–water partition coefficient (Wildman–Crippen LogP) is 0.713. The first-order valence-corrected chi connectivity index (χ1v) is 6.31. The maximum atomic E-state index is 11.6. The third-order valence-corrected chi connectivity index (χ3v) is 2.43. The van der Waals surface area contributed by atoms with Gasteiger partial charge in [-0.3, -0.25) is 9.59 Å². The smallest absolute Gasteiger partial charge is 0.250 e. The fourth-order valence-electron chi connectivity index (χ4n) is 1.41. The Morgan fingerprint density at radius 1 is 1.10 bits per heavy atom. The van der Waals surface area contributed by atoms with E-state index in [-0.39, 0.29) is 25.0 Å². The van der Waals surface area contributed by atoms with Crippen molar-refractivity contribution in [2.24, 2.45) is 0 Å². The molecule has 110 valence electrons. The molecule has 1 rings (SSSR count). The number of methoxy groups -OCH3 is 1. The molecule has 0 aliphatic heterocycles. The van der Waals surface area contributed by atoms with E-state index < -0.39 is 0 Å². The van der Waals surface area contributed by atoms with Gasteiger partial charge in [0.15, 0.2) is 0 Å². The summed E-state index contributed by atoms with van der Waals surface area (Å²) in [6, 6.07) is 7.43. The first kappa shape index (κ1) is 16.1. The molecule has 0 saturated carbocycles. The maximum absolute atomic E-state index is 11.6. The van der Waals surface area contributed by atoms with Crippen molar-refractivity contribution in [2.75, 3.05) is 38.8 Å². The Balaban J connectivity index is 2.17. The number of rotatable bonds is 8. The molecule has 6 heteroatoms. The van der Waals surface area contributed by atoms with Gasteiger partial charge in [0.2, 0.25) is 11.8 Å². The summed E-state index contributed by atoms with van der Waals surface area (Å²) < 4.78 is 9.81. The summed E-state index contributed by atoms with van der Waals surface area (Å²) in [5.41, 5.74) is 1.82. The van der Waals surface area contributed by atoms with Crippen molar-refractivity contribution < 1.29 is 19.1 Å². The highest BCUT2D eigenvalue weighted by molar-refractivity contribution is 5.91. The minimum absolute atomic E-state index is 0.148. The number of amides is 2. The number of nitrogens with one attached hydrogen (secondary N) is 2. The van der Waals surface area contributed by atoms with Crippen LogP contribution in [0.3, 0.4) is 0 Å². The molecule has 20 heavy (non-hydrogen) atoms. The molecule has 2 N–H and O–H groups in total. The normalized spacial score (nSPS) is 10.1. The molecule has 2 amide bonds. The van der Waals surface area contributed by atoms with E-state index >= 15 is 0 Å². The van der Waals surface area contributed by atoms with Crippen molar-refractivity contribution in [1.82, 2.24) is 5.32 Å². The van der Waals surface area contributed by atoms with Crippen molar-refractivity contribution >= 4 is 17.5 Å². The molecule has 1 aromatic carbocycles. The van der Waals surface area contributed by atoms with Gasteiger partial charge >= 0.3 is 0 Å². The van der Waals surface area contributed by atoms with Crippen molar-refractivity contribution in [1.29, 1.82) is 0 Å². The van der Waals surface area contributed by atoms with Crippen LogP contribution in [0.5, 0.6) is 0 Å². The lowest BCUT2D eigenvalue weighted by Crippen LogP contribution is -2.31. The van der Waals surface area contributed by atoms with Gasteiger partial charge < -0.3 is 20.1 Å². The van der Waals surface area contributed by atoms with Gasteiger partial charge in [0.25, 0.3) is 0 Å². The minimum atomic E-state index is -0.293. The van der Waals surface area contributed by atoms with Crippen LogP contribution >= 0.6 is 0 Å². The molecule has 0 spiro atoms. The van der Waals surface area contributed by atoms with Gasteiger partial charge in [0, 0.05) is 19.3 Å².